The Bertz CT molecular complexity index is 226. The van der Waals surface area contributed by atoms with Crippen LogP contribution in [0.5, 0.6) is 0 Å². The molecule has 0 aliphatic carbocycles. The van der Waals surface area contributed by atoms with E-state index < -0.39 is 0 Å². The Balaban J connectivity index is 3.19. The van der Waals surface area contributed by atoms with Gasteiger partial charge in [0.05, 0.1) is 13.2 Å². The van der Waals surface area contributed by atoms with E-state index in [2.05, 4.69) is 6.92 Å². The lowest BCUT2D eigenvalue weighted by Gasteiger charge is -2.04. The van der Waals surface area contributed by atoms with Gasteiger partial charge in [-0.25, -0.2) is 0 Å². The number of carbonyl (C=O) groups is 2. The lowest BCUT2D eigenvalue weighted by Crippen LogP contribution is -2.06. The van der Waals surface area contributed by atoms with Gasteiger partial charge in [0.25, 0.3) is 0 Å². The first-order chi connectivity index (χ1) is 8.66. The number of hydrogen-bond donors (Lipinski definition) is 0. The zero-order chi connectivity index (χ0) is 13.6. The minimum absolute atomic E-state index is 0.112. The van der Waals surface area contributed by atoms with Crippen molar-refractivity contribution in [2.24, 2.45) is 0 Å². The number of ether oxygens (including phenoxy) is 2. The van der Waals surface area contributed by atoms with E-state index in [-0.39, 0.29) is 11.9 Å². The van der Waals surface area contributed by atoms with Crippen molar-refractivity contribution in [2.45, 2.75) is 65.2 Å². The van der Waals surface area contributed by atoms with E-state index in [9.17, 15) is 9.59 Å². The average Bonchev–Trinajstić information content (AvgIpc) is 2.33. The molecule has 0 radical (unpaired) electrons. The highest BCUT2D eigenvalue weighted by Crippen LogP contribution is 2.04. The van der Waals surface area contributed by atoms with E-state index in [0.29, 0.717) is 19.6 Å². The smallest absolute Gasteiger partial charge is 0.305 e. The number of hydrogen-bond acceptors (Lipinski definition) is 4. The summed E-state index contributed by atoms with van der Waals surface area (Å²) in [6.45, 7) is 4.55. The standard InChI is InChI=1S/C14H26O4/c1-3-4-5-8-12-18-14(16)10-7-6-9-11-17-13(2)15/h3-12H2,1-2H3. The molecule has 0 N–H and O–H groups in total. The lowest BCUT2D eigenvalue weighted by atomic mass is 10.2. The molecule has 0 fully saturated rings. The second-order valence-corrected chi connectivity index (χ2v) is 4.43. The summed E-state index contributed by atoms with van der Waals surface area (Å²) in [5, 5.41) is 0. The molecule has 0 bridgehead atoms. The van der Waals surface area contributed by atoms with Crippen LogP contribution in [0.4, 0.5) is 0 Å². The van der Waals surface area contributed by atoms with Crippen molar-refractivity contribution in [2.75, 3.05) is 13.2 Å². The third kappa shape index (κ3) is 13.0. The quantitative estimate of drug-likeness (QED) is 0.422. The Morgan fingerprint density at radius 2 is 1.44 bits per heavy atom. The van der Waals surface area contributed by atoms with Crippen molar-refractivity contribution in [1.29, 1.82) is 0 Å². The van der Waals surface area contributed by atoms with E-state index in [1.54, 1.807) is 0 Å². The van der Waals surface area contributed by atoms with Gasteiger partial charge in [0.2, 0.25) is 0 Å². The first kappa shape index (κ1) is 16.9. The van der Waals surface area contributed by atoms with Gasteiger partial charge in [0.15, 0.2) is 0 Å². The predicted molar refractivity (Wildman–Crippen MR) is 70.2 cm³/mol. The van der Waals surface area contributed by atoms with E-state index in [0.717, 1.165) is 32.1 Å². The van der Waals surface area contributed by atoms with Crippen LogP contribution in [0.2, 0.25) is 0 Å². The molecule has 0 aromatic heterocycles. The SMILES string of the molecule is CCCCCCOC(=O)CCCCCOC(C)=O. The summed E-state index contributed by atoms with van der Waals surface area (Å²) in [6, 6.07) is 0. The number of esters is 2. The summed E-state index contributed by atoms with van der Waals surface area (Å²) in [5.41, 5.74) is 0. The molecule has 0 atom stereocenters. The predicted octanol–water partition coefficient (Wildman–Crippen LogP) is 3.23. The Morgan fingerprint density at radius 1 is 0.833 bits per heavy atom. The van der Waals surface area contributed by atoms with Crippen molar-refractivity contribution in [1.82, 2.24) is 0 Å². The summed E-state index contributed by atoms with van der Waals surface area (Å²) in [6.07, 6.45) is 7.45. The molecule has 0 aliphatic rings. The molecule has 0 saturated carbocycles. The molecule has 0 aliphatic heterocycles. The van der Waals surface area contributed by atoms with E-state index in [1.165, 1.54) is 19.8 Å². The molecule has 0 unspecified atom stereocenters. The zero-order valence-electron chi connectivity index (χ0n) is 11.7. The molecular formula is C14H26O4. The van der Waals surface area contributed by atoms with E-state index in [1.807, 2.05) is 0 Å². The molecule has 4 heteroatoms. The number of carbonyl (C=O) groups excluding carboxylic acids is 2. The summed E-state index contributed by atoms with van der Waals surface area (Å²) in [4.78, 5) is 21.8. The van der Waals surface area contributed by atoms with Gasteiger partial charge in [0, 0.05) is 13.3 Å². The summed E-state index contributed by atoms with van der Waals surface area (Å²) in [7, 11) is 0. The molecule has 0 heterocycles. The highest BCUT2D eigenvalue weighted by atomic mass is 16.5. The monoisotopic (exact) mass is 258 g/mol. The van der Waals surface area contributed by atoms with Crippen LogP contribution in [-0.2, 0) is 19.1 Å². The van der Waals surface area contributed by atoms with Gasteiger partial charge < -0.3 is 9.47 Å². The van der Waals surface area contributed by atoms with Crippen LogP contribution in [-0.4, -0.2) is 25.2 Å². The van der Waals surface area contributed by atoms with Crippen LogP contribution in [0.3, 0.4) is 0 Å². The van der Waals surface area contributed by atoms with Crippen LogP contribution in [0.25, 0.3) is 0 Å². The third-order valence-electron chi connectivity index (χ3n) is 2.59. The normalized spacial score (nSPS) is 10.1. The topological polar surface area (TPSA) is 52.6 Å². The molecule has 0 aromatic carbocycles. The highest BCUT2D eigenvalue weighted by Gasteiger charge is 2.02. The van der Waals surface area contributed by atoms with Crippen LogP contribution in [0.1, 0.15) is 65.2 Å². The molecule has 0 rings (SSSR count). The van der Waals surface area contributed by atoms with Gasteiger partial charge in [0.1, 0.15) is 0 Å². The van der Waals surface area contributed by atoms with E-state index >= 15 is 0 Å². The first-order valence-electron chi connectivity index (χ1n) is 6.95. The van der Waals surface area contributed by atoms with Crippen molar-refractivity contribution in [3.63, 3.8) is 0 Å². The van der Waals surface area contributed by atoms with Gasteiger partial charge in [-0.1, -0.05) is 26.2 Å². The van der Waals surface area contributed by atoms with Crippen LogP contribution >= 0.6 is 0 Å². The minimum atomic E-state index is -0.249. The summed E-state index contributed by atoms with van der Waals surface area (Å²) in [5.74, 6) is -0.361. The molecule has 18 heavy (non-hydrogen) atoms. The fraction of sp³-hybridized carbons (Fsp3) is 0.857. The Kier molecular flexibility index (Phi) is 11.7. The summed E-state index contributed by atoms with van der Waals surface area (Å²) >= 11 is 0. The van der Waals surface area contributed by atoms with Crippen molar-refractivity contribution < 1.29 is 19.1 Å². The van der Waals surface area contributed by atoms with Crippen molar-refractivity contribution in [3.05, 3.63) is 0 Å². The fourth-order valence-electron chi connectivity index (χ4n) is 1.55. The molecule has 0 saturated heterocycles. The number of rotatable bonds is 11. The van der Waals surface area contributed by atoms with Crippen molar-refractivity contribution >= 4 is 11.9 Å². The molecule has 0 amide bonds. The minimum Gasteiger partial charge on any atom is -0.466 e. The largest absolute Gasteiger partial charge is 0.466 e. The van der Waals surface area contributed by atoms with E-state index in [4.69, 9.17) is 9.47 Å². The maximum atomic E-state index is 11.3. The second-order valence-electron chi connectivity index (χ2n) is 4.43. The number of unbranched alkanes of at least 4 members (excludes halogenated alkanes) is 5. The Hall–Kier alpha value is -1.06. The maximum Gasteiger partial charge on any atom is 0.305 e. The van der Waals surface area contributed by atoms with Crippen LogP contribution < -0.4 is 0 Å². The molecule has 0 spiro atoms. The molecular weight excluding hydrogens is 232 g/mol. The first-order valence-corrected chi connectivity index (χ1v) is 6.95. The molecule has 106 valence electrons. The lowest BCUT2D eigenvalue weighted by molar-refractivity contribution is -0.144. The highest BCUT2D eigenvalue weighted by molar-refractivity contribution is 5.69. The summed E-state index contributed by atoms with van der Waals surface area (Å²) < 4.78 is 9.91. The van der Waals surface area contributed by atoms with Gasteiger partial charge in [-0.05, 0) is 25.7 Å². The second kappa shape index (κ2) is 12.4. The van der Waals surface area contributed by atoms with Gasteiger partial charge in [-0.2, -0.15) is 0 Å². The van der Waals surface area contributed by atoms with Crippen LogP contribution in [0.15, 0.2) is 0 Å². The molecule has 0 aromatic rings. The maximum absolute atomic E-state index is 11.3. The Morgan fingerprint density at radius 3 is 2.06 bits per heavy atom. The van der Waals surface area contributed by atoms with Crippen molar-refractivity contribution in [3.8, 4) is 0 Å². The zero-order valence-corrected chi connectivity index (χ0v) is 11.7. The van der Waals surface area contributed by atoms with Crippen LogP contribution in [0, 0.1) is 0 Å². The van der Waals surface area contributed by atoms with Gasteiger partial charge in [-0.15, -0.1) is 0 Å². The van der Waals surface area contributed by atoms with Gasteiger partial charge in [-0.3, -0.25) is 9.59 Å². The van der Waals surface area contributed by atoms with Gasteiger partial charge >= 0.3 is 11.9 Å². The Labute approximate surface area is 110 Å². The average molecular weight is 258 g/mol. The third-order valence-corrected chi connectivity index (χ3v) is 2.59. The molecule has 4 nitrogen and oxygen atoms in total. The fourth-order valence-corrected chi connectivity index (χ4v) is 1.55.